The monoisotopic (exact) mass is 637 g/mol. The molecule has 0 bridgehead atoms. The van der Waals surface area contributed by atoms with Crippen LogP contribution in [0.3, 0.4) is 0 Å². The van der Waals surface area contributed by atoms with E-state index >= 15 is 0 Å². The van der Waals surface area contributed by atoms with Gasteiger partial charge < -0.3 is 4.90 Å². The minimum Gasteiger partial charge on any atom is -0.310 e. The summed E-state index contributed by atoms with van der Waals surface area (Å²) in [6, 6.07) is 65.1. The molecule has 9 aromatic carbocycles. The van der Waals surface area contributed by atoms with E-state index in [1.54, 1.807) is 0 Å². The fraction of sp³-hybridized carbons (Fsp3) is 0.0612. The lowest BCUT2D eigenvalue weighted by molar-refractivity contribution is 0.660. The zero-order chi connectivity index (χ0) is 33.4. The van der Waals surface area contributed by atoms with Gasteiger partial charge in [-0.05, 0) is 107 Å². The maximum absolute atomic E-state index is 2.47. The highest BCUT2D eigenvalue weighted by Crippen LogP contribution is 2.51. The largest absolute Gasteiger partial charge is 0.310 e. The number of benzene rings is 9. The Bertz CT molecular complexity index is 2790. The number of fused-ring (bicyclic) bond motifs is 9. The van der Waals surface area contributed by atoms with Gasteiger partial charge in [-0.25, -0.2) is 0 Å². The highest BCUT2D eigenvalue weighted by Gasteiger charge is 2.35. The molecule has 1 aliphatic carbocycles. The molecule has 0 aliphatic heterocycles. The second kappa shape index (κ2) is 10.9. The third kappa shape index (κ3) is 4.33. The summed E-state index contributed by atoms with van der Waals surface area (Å²) in [5.74, 6) is 0. The molecule has 0 fully saturated rings. The van der Waals surface area contributed by atoms with Crippen LogP contribution in [0.4, 0.5) is 17.1 Å². The van der Waals surface area contributed by atoms with Crippen molar-refractivity contribution in [3.8, 4) is 22.3 Å². The van der Waals surface area contributed by atoms with Gasteiger partial charge in [-0.15, -0.1) is 0 Å². The van der Waals surface area contributed by atoms with Crippen molar-refractivity contribution >= 4 is 60.2 Å². The molecule has 9 aromatic rings. The number of hydrogen-bond donors (Lipinski definition) is 0. The van der Waals surface area contributed by atoms with E-state index in [0.717, 1.165) is 11.4 Å². The molecule has 0 unspecified atom stereocenters. The average molecular weight is 638 g/mol. The van der Waals surface area contributed by atoms with Crippen LogP contribution in [-0.4, -0.2) is 0 Å². The number of hydrogen-bond acceptors (Lipinski definition) is 1. The fourth-order valence-electron chi connectivity index (χ4n) is 8.49. The predicted octanol–water partition coefficient (Wildman–Crippen LogP) is 13.7. The molecule has 0 N–H and O–H groups in total. The van der Waals surface area contributed by atoms with Gasteiger partial charge in [0, 0.05) is 22.2 Å². The van der Waals surface area contributed by atoms with E-state index in [9.17, 15) is 0 Å². The first-order valence-corrected chi connectivity index (χ1v) is 17.5. The van der Waals surface area contributed by atoms with Crippen molar-refractivity contribution in [1.82, 2.24) is 0 Å². The van der Waals surface area contributed by atoms with Crippen LogP contribution >= 0.6 is 0 Å². The van der Waals surface area contributed by atoms with Crippen LogP contribution in [0.2, 0.25) is 0 Å². The number of nitrogens with zero attached hydrogens (tertiary/aromatic N) is 1. The highest BCUT2D eigenvalue weighted by molar-refractivity contribution is 6.21. The topological polar surface area (TPSA) is 3.24 Å². The maximum Gasteiger partial charge on any atom is 0.0546 e. The quantitative estimate of drug-likeness (QED) is 0.174. The molecule has 0 saturated carbocycles. The van der Waals surface area contributed by atoms with E-state index in [1.807, 2.05) is 0 Å². The smallest absolute Gasteiger partial charge is 0.0546 e. The first-order chi connectivity index (χ1) is 24.5. The van der Waals surface area contributed by atoms with E-state index in [2.05, 4.69) is 195 Å². The van der Waals surface area contributed by atoms with Crippen molar-refractivity contribution < 1.29 is 0 Å². The standard InChI is InChI=1S/C49H35N/c1-49(2)45-16-8-7-15-42(45)44-31-39(26-29-46(44)49)50(38-24-20-33(21-25-38)37-19-18-32-10-3-4-12-36(32)30-37)47-17-9-13-35-23-27-41-40-14-6-5-11-34(40)22-28-43(41)48(35)47/h3-31H,1-2H3. The van der Waals surface area contributed by atoms with Gasteiger partial charge in [0.2, 0.25) is 0 Å². The Hall–Kier alpha value is -6.18. The van der Waals surface area contributed by atoms with Crippen LogP contribution < -0.4 is 4.90 Å². The lowest BCUT2D eigenvalue weighted by Gasteiger charge is -2.29. The number of rotatable bonds is 4. The molecule has 10 rings (SSSR count). The molecule has 0 atom stereocenters. The zero-order valence-corrected chi connectivity index (χ0v) is 28.2. The van der Waals surface area contributed by atoms with Gasteiger partial charge in [0.15, 0.2) is 0 Å². The summed E-state index contributed by atoms with van der Waals surface area (Å²) in [6.07, 6.45) is 0. The SMILES string of the molecule is CC1(C)c2ccccc2-c2cc(N(c3ccc(-c4ccc5ccccc5c4)cc3)c3cccc4ccc5c6ccccc6ccc5c34)ccc21. The summed E-state index contributed by atoms with van der Waals surface area (Å²) in [5, 5.41) is 10.1. The third-order valence-corrected chi connectivity index (χ3v) is 11.0. The molecule has 1 nitrogen and oxygen atoms in total. The van der Waals surface area contributed by atoms with Crippen molar-refractivity contribution in [1.29, 1.82) is 0 Å². The minimum absolute atomic E-state index is 0.0481. The Morgan fingerprint density at radius 2 is 1.02 bits per heavy atom. The van der Waals surface area contributed by atoms with E-state index in [4.69, 9.17) is 0 Å². The van der Waals surface area contributed by atoms with Crippen LogP contribution in [0, 0.1) is 0 Å². The molecule has 236 valence electrons. The van der Waals surface area contributed by atoms with Crippen molar-refractivity contribution in [3.63, 3.8) is 0 Å². The van der Waals surface area contributed by atoms with Crippen molar-refractivity contribution in [2.45, 2.75) is 19.3 Å². The Kier molecular flexibility index (Phi) is 6.29. The lowest BCUT2D eigenvalue weighted by atomic mass is 9.82. The summed E-state index contributed by atoms with van der Waals surface area (Å²) in [6.45, 7) is 4.70. The second-order valence-corrected chi connectivity index (χ2v) is 14.2. The fourth-order valence-corrected chi connectivity index (χ4v) is 8.49. The Morgan fingerprint density at radius 3 is 1.90 bits per heavy atom. The van der Waals surface area contributed by atoms with Crippen molar-refractivity contribution in [2.75, 3.05) is 4.90 Å². The van der Waals surface area contributed by atoms with Gasteiger partial charge in [0.05, 0.1) is 5.69 Å². The Labute approximate surface area is 292 Å². The average Bonchev–Trinajstić information content (AvgIpc) is 3.40. The summed E-state index contributed by atoms with van der Waals surface area (Å²) < 4.78 is 0. The van der Waals surface area contributed by atoms with E-state index < -0.39 is 0 Å². The van der Waals surface area contributed by atoms with Gasteiger partial charge in [-0.2, -0.15) is 0 Å². The Morgan fingerprint density at radius 1 is 0.380 bits per heavy atom. The second-order valence-electron chi connectivity index (χ2n) is 14.2. The Balaban J connectivity index is 1.21. The van der Waals surface area contributed by atoms with Crippen LogP contribution in [0.25, 0.3) is 65.3 Å². The molecule has 1 heteroatoms. The van der Waals surface area contributed by atoms with Gasteiger partial charge >= 0.3 is 0 Å². The van der Waals surface area contributed by atoms with E-state index in [1.165, 1.54) is 82.2 Å². The number of anilines is 3. The van der Waals surface area contributed by atoms with Gasteiger partial charge in [0.1, 0.15) is 0 Å². The van der Waals surface area contributed by atoms with Gasteiger partial charge in [-0.3, -0.25) is 0 Å². The molecule has 0 saturated heterocycles. The summed E-state index contributed by atoms with van der Waals surface area (Å²) in [4.78, 5) is 2.47. The van der Waals surface area contributed by atoms with Crippen LogP contribution in [-0.2, 0) is 5.41 Å². The van der Waals surface area contributed by atoms with Crippen molar-refractivity contribution in [2.24, 2.45) is 0 Å². The molecule has 0 aromatic heterocycles. The molecule has 0 heterocycles. The summed E-state index contributed by atoms with van der Waals surface area (Å²) >= 11 is 0. The molecule has 1 aliphatic rings. The molecule has 0 amide bonds. The summed E-state index contributed by atoms with van der Waals surface area (Å²) in [5.41, 5.74) is 11.3. The molecule has 0 radical (unpaired) electrons. The van der Waals surface area contributed by atoms with E-state index in [0.29, 0.717) is 0 Å². The predicted molar refractivity (Wildman–Crippen MR) is 214 cm³/mol. The zero-order valence-electron chi connectivity index (χ0n) is 28.2. The normalized spacial score (nSPS) is 13.2. The molecular weight excluding hydrogens is 603 g/mol. The molecule has 0 spiro atoms. The van der Waals surface area contributed by atoms with Crippen LogP contribution in [0.5, 0.6) is 0 Å². The third-order valence-electron chi connectivity index (χ3n) is 11.0. The van der Waals surface area contributed by atoms with Gasteiger partial charge in [-0.1, -0.05) is 153 Å². The highest BCUT2D eigenvalue weighted by atomic mass is 15.1. The first kappa shape index (κ1) is 28.8. The first-order valence-electron chi connectivity index (χ1n) is 17.5. The lowest BCUT2D eigenvalue weighted by Crippen LogP contribution is -2.15. The van der Waals surface area contributed by atoms with Crippen LogP contribution in [0.1, 0.15) is 25.0 Å². The minimum atomic E-state index is -0.0481. The van der Waals surface area contributed by atoms with E-state index in [-0.39, 0.29) is 5.41 Å². The van der Waals surface area contributed by atoms with Crippen LogP contribution in [0.15, 0.2) is 176 Å². The van der Waals surface area contributed by atoms with Gasteiger partial charge in [0.25, 0.3) is 0 Å². The molecular formula is C49H35N. The van der Waals surface area contributed by atoms with Crippen molar-refractivity contribution in [3.05, 3.63) is 187 Å². The maximum atomic E-state index is 2.47. The summed E-state index contributed by atoms with van der Waals surface area (Å²) in [7, 11) is 0. The molecule has 50 heavy (non-hydrogen) atoms.